The van der Waals surface area contributed by atoms with Crippen molar-refractivity contribution in [3.8, 4) is 0 Å². The van der Waals surface area contributed by atoms with Crippen LogP contribution in [-0.2, 0) is 22.4 Å². The molecule has 0 aliphatic heterocycles. The third kappa shape index (κ3) is 4.35. The summed E-state index contributed by atoms with van der Waals surface area (Å²) >= 11 is 1.39. The number of hydrogen-bond donors (Lipinski definition) is 1. The molecule has 0 saturated heterocycles. The highest BCUT2D eigenvalue weighted by atomic mass is 32.1. The van der Waals surface area contributed by atoms with Crippen LogP contribution in [0, 0.1) is 17.6 Å². The van der Waals surface area contributed by atoms with E-state index in [1.165, 1.54) is 34.8 Å². The van der Waals surface area contributed by atoms with E-state index < -0.39 is 35.3 Å². The Morgan fingerprint density at radius 3 is 2.70 bits per heavy atom. The molecule has 0 spiro atoms. The maximum Gasteiger partial charge on any atom is 0.349 e. The lowest BCUT2D eigenvalue weighted by atomic mass is 9.87. The molecule has 1 aromatic heterocycles. The Morgan fingerprint density at radius 2 is 2.04 bits per heavy atom. The highest BCUT2D eigenvalue weighted by Crippen LogP contribution is 2.34. The zero-order valence-corrected chi connectivity index (χ0v) is 16.0. The Kier molecular flexibility index (Phi) is 5.89. The molecule has 7 heteroatoms. The second kappa shape index (κ2) is 8.17. The molecule has 0 bridgehead atoms. The smallest absolute Gasteiger partial charge is 0.349 e. The molecule has 1 amide bonds. The van der Waals surface area contributed by atoms with E-state index in [0.717, 1.165) is 37.8 Å². The summed E-state index contributed by atoms with van der Waals surface area (Å²) in [6.45, 7) is 3.53. The van der Waals surface area contributed by atoms with Crippen LogP contribution in [0.1, 0.15) is 46.8 Å². The summed E-state index contributed by atoms with van der Waals surface area (Å²) in [5.41, 5.74) is 0.623. The number of esters is 1. The van der Waals surface area contributed by atoms with Gasteiger partial charge in [-0.25, -0.2) is 13.6 Å². The number of nitrogens with one attached hydrogen (secondary N) is 1. The summed E-state index contributed by atoms with van der Waals surface area (Å²) in [5, 5.41) is 2.13. The quantitative estimate of drug-likeness (QED) is 0.748. The standard InChI is InChI=1S/C20H21F2NO3S/c1-3-12-7-8-16-13(9-12)10-17(27-16)20(25)26-11(2)19(24)23-18-14(21)5-4-6-15(18)22/h4-6,10-12H,3,7-9H2,1-2H3,(H,23,24)/t11-,12-/m1/s1. The maximum absolute atomic E-state index is 13.6. The van der Waals surface area contributed by atoms with Crippen LogP contribution < -0.4 is 5.32 Å². The normalized spacial score (nSPS) is 17.1. The Labute approximate surface area is 160 Å². The molecular weight excluding hydrogens is 372 g/mol. The van der Waals surface area contributed by atoms with Gasteiger partial charge in [0.2, 0.25) is 0 Å². The van der Waals surface area contributed by atoms with Gasteiger partial charge in [0.15, 0.2) is 6.10 Å². The van der Waals surface area contributed by atoms with Crippen molar-refractivity contribution in [2.75, 3.05) is 5.32 Å². The summed E-state index contributed by atoms with van der Waals surface area (Å²) < 4.78 is 32.5. The van der Waals surface area contributed by atoms with Crippen molar-refractivity contribution >= 4 is 28.9 Å². The van der Waals surface area contributed by atoms with Crippen molar-refractivity contribution in [1.29, 1.82) is 0 Å². The van der Waals surface area contributed by atoms with E-state index in [1.807, 2.05) is 6.07 Å². The molecule has 0 unspecified atom stereocenters. The van der Waals surface area contributed by atoms with Gasteiger partial charge in [0, 0.05) is 4.88 Å². The van der Waals surface area contributed by atoms with E-state index >= 15 is 0 Å². The number of carbonyl (C=O) groups is 2. The first kappa shape index (κ1) is 19.5. The van der Waals surface area contributed by atoms with Crippen LogP contribution in [0.5, 0.6) is 0 Å². The topological polar surface area (TPSA) is 55.4 Å². The number of carbonyl (C=O) groups excluding carboxylic acids is 2. The minimum Gasteiger partial charge on any atom is -0.448 e. The summed E-state index contributed by atoms with van der Waals surface area (Å²) in [4.78, 5) is 26.2. The van der Waals surface area contributed by atoms with Gasteiger partial charge < -0.3 is 10.1 Å². The summed E-state index contributed by atoms with van der Waals surface area (Å²) in [6, 6.07) is 5.11. The lowest BCUT2D eigenvalue weighted by Crippen LogP contribution is -2.30. The highest BCUT2D eigenvalue weighted by molar-refractivity contribution is 7.14. The number of fused-ring (bicyclic) bond motifs is 1. The molecule has 4 nitrogen and oxygen atoms in total. The number of ether oxygens (including phenoxy) is 1. The molecule has 2 aromatic rings. The van der Waals surface area contributed by atoms with Crippen molar-refractivity contribution in [2.24, 2.45) is 5.92 Å². The Morgan fingerprint density at radius 1 is 1.33 bits per heavy atom. The molecule has 3 rings (SSSR count). The van der Waals surface area contributed by atoms with Gasteiger partial charge in [0.05, 0.1) is 0 Å². The van der Waals surface area contributed by atoms with Gasteiger partial charge >= 0.3 is 5.97 Å². The molecule has 1 N–H and O–H groups in total. The van der Waals surface area contributed by atoms with Crippen LogP contribution in [0.4, 0.5) is 14.5 Å². The Bertz CT molecular complexity index is 845. The summed E-state index contributed by atoms with van der Waals surface area (Å²) in [6.07, 6.45) is 2.95. The first-order valence-electron chi connectivity index (χ1n) is 8.96. The minimum atomic E-state index is -1.18. The number of para-hydroxylation sites is 1. The molecular formula is C20H21F2NO3S. The average Bonchev–Trinajstić information content (AvgIpc) is 3.07. The lowest BCUT2D eigenvalue weighted by Gasteiger charge is -2.19. The molecule has 1 aliphatic rings. The van der Waals surface area contributed by atoms with E-state index in [0.29, 0.717) is 10.8 Å². The van der Waals surface area contributed by atoms with Gasteiger partial charge in [-0.3, -0.25) is 4.79 Å². The first-order chi connectivity index (χ1) is 12.9. The fraction of sp³-hybridized carbons (Fsp3) is 0.400. The fourth-order valence-electron chi connectivity index (χ4n) is 3.16. The number of thiophene rings is 1. The first-order valence-corrected chi connectivity index (χ1v) is 9.78. The average molecular weight is 393 g/mol. The molecule has 0 radical (unpaired) electrons. The number of benzene rings is 1. The van der Waals surface area contributed by atoms with Gasteiger partial charge in [-0.05, 0) is 55.9 Å². The fourth-order valence-corrected chi connectivity index (χ4v) is 4.25. The number of aryl methyl sites for hydroxylation is 1. The lowest BCUT2D eigenvalue weighted by molar-refractivity contribution is -0.123. The predicted octanol–water partition coefficient (Wildman–Crippen LogP) is 4.73. The molecule has 0 fully saturated rings. The van der Waals surface area contributed by atoms with Crippen molar-refractivity contribution in [1.82, 2.24) is 0 Å². The van der Waals surface area contributed by atoms with E-state index in [2.05, 4.69) is 12.2 Å². The molecule has 144 valence electrons. The maximum atomic E-state index is 13.6. The zero-order valence-electron chi connectivity index (χ0n) is 15.2. The molecule has 1 heterocycles. The van der Waals surface area contributed by atoms with Crippen LogP contribution in [0.15, 0.2) is 24.3 Å². The number of anilines is 1. The van der Waals surface area contributed by atoms with E-state index in [-0.39, 0.29) is 0 Å². The van der Waals surface area contributed by atoms with Gasteiger partial charge in [0.25, 0.3) is 5.91 Å². The van der Waals surface area contributed by atoms with Crippen molar-refractivity contribution in [3.05, 3.63) is 51.2 Å². The molecule has 27 heavy (non-hydrogen) atoms. The number of hydrogen-bond acceptors (Lipinski definition) is 4. The van der Waals surface area contributed by atoms with Gasteiger partial charge in [-0.1, -0.05) is 19.4 Å². The van der Waals surface area contributed by atoms with E-state index in [9.17, 15) is 18.4 Å². The predicted molar refractivity (Wildman–Crippen MR) is 100.0 cm³/mol. The van der Waals surface area contributed by atoms with Gasteiger partial charge in [-0.15, -0.1) is 11.3 Å². The zero-order chi connectivity index (χ0) is 19.6. The third-order valence-corrected chi connectivity index (χ3v) is 6.04. The number of halogens is 2. The minimum absolute atomic E-state index is 0.452. The van der Waals surface area contributed by atoms with E-state index in [1.54, 1.807) is 0 Å². The van der Waals surface area contributed by atoms with Crippen molar-refractivity contribution < 1.29 is 23.1 Å². The molecule has 0 saturated carbocycles. The third-order valence-electron chi connectivity index (χ3n) is 4.83. The van der Waals surface area contributed by atoms with Crippen molar-refractivity contribution in [2.45, 2.75) is 45.6 Å². The van der Waals surface area contributed by atoms with Crippen LogP contribution in [0.2, 0.25) is 0 Å². The monoisotopic (exact) mass is 393 g/mol. The summed E-state index contributed by atoms with van der Waals surface area (Å²) in [5.74, 6) is -2.54. The molecule has 2 atom stereocenters. The Balaban J connectivity index is 1.64. The number of rotatable bonds is 5. The van der Waals surface area contributed by atoms with Crippen LogP contribution >= 0.6 is 11.3 Å². The largest absolute Gasteiger partial charge is 0.448 e. The van der Waals surface area contributed by atoms with Crippen LogP contribution in [0.3, 0.4) is 0 Å². The van der Waals surface area contributed by atoms with Crippen LogP contribution in [0.25, 0.3) is 0 Å². The van der Waals surface area contributed by atoms with Crippen LogP contribution in [-0.4, -0.2) is 18.0 Å². The Hall–Kier alpha value is -2.28. The second-order valence-corrected chi connectivity index (χ2v) is 7.85. The SMILES string of the molecule is CC[C@@H]1CCc2sc(C(=O)O[C@H](C)C(=O)Nc3c(F)cccc3F)cc2C1. The summed E-state index contributed by atoms with van der Waals surface area (Å²) in [7, 11) is 0. The highest BCUT2D eigenvalue weighted by Gasteiger charge is 2.25. The van der Waals surface area contributed by atoms with E-state index in [4.69, 9.17) is 4.74 Å². The molecule has 1 aromatic carbocycles. The van der Waals surface area contributed by atoms with Gasteiger partial charge in [-0.2, -0.15) is 0 Å². The van der Waals surface area contributed by atoms with Gasteiger partial charge in [0.1, 0.15) is 22.2 Å². The second-order valence-electron chi connectivity index (χ2n) is 6.71. The number of amides is 1. The molecule has 1 aliphatic carbocycles. The van der Waals surface area contributed by atoms with Crippen molar-refractivity contribution in [3.63, 3.8) is 0 Å².